The van der Waals surface area contributed by atoms with Crippen molar-refractivity contribution in [2.45, 2.75) is 6.04 Å². The van der Waals surface area contributed by atoms with Crippen molar-refractivity contribution in [3.8, 4) is 5.75 Å². The molecule has 0 aliphatic carbocycles. The van der Waals surface area contributed by atoms with Crippen molar-refractivity contribution >= 4 is 27.5 Å². The van der Waals surface area contributed by atoms with Crippen molar-refractivity contribution in [1.82, 2.24) is 4.98 Å². The summed E-state index contributed by atoms with van der Waals surface area (Å²) in [5.74, 6) is 0.684. The summed E-state index contributed by atoms with van der Waals surface area (Å²) >= 11 is 9.42. The Bertz CT molecular complexity index is 542. The van der Waals surface area contributed by atoms with Crippen LogP contribution in [0.15, 0.2) is 41.1 Å². The predicted octanol–water partition coefficient (Wildman–Crippen LogP) is 3.55. The first kappa shape index (κ1) is 13.3. The second kappa shape index (κ2) is 5.69. The molecule has 0 bridgehead atoms. The SMILES string of the molecule is COc1cncc(C(N)c2cc(Cl)cc(Br)c2)c1. The van der Waals surface area contributed by atoms with E-state index < -0.39 is 0 Å². The van der Waals surface area contributed by atoms with E-state index in [1.165, 1.54) is 0 Å². The molecular formula is C13H12BrClN2O. The average molecular weight is 328 g/mol. The number of nitrogens with zero attached hydrogens (tertiary/aromatic N) is 1. The zero-order valence-electron chi connectivity index (χ0n) is 9.73. The van der Waals surface area contributed by atoms with Crippen molar-refractivity contribution in [3.05, 3.63) is 57.3 Å². The molecule has 18 heavy (non-hydrogen) atoms. The van der Waals surface area contributed by atoms with Crippen molar-refractivity contribution in [2.75, 3.05) is 7.11 Å². The number of methoxy groups -OCH3 is 1. The van der Waals surface area contributed by atoms with Crippen LogP contribution in [0.1, 0.15) is 17.2 Å². The molecule has 0 spiro atoms. The number of benzene rings is 1. The molecule has 2 rings (SSSR count). The second-order valence-corrected chi connectivity index (χ2v) is 5.19. The molecule has 0 saturated carbocycles. The Kier molecular flexibility index (Phi) is 4.22. The predicted molar refractivity (Wildman–Crippen MR) is 76.0 cm³/mol. The highest BCUT2D eigenvalue weighted by Gasteiger charge is 2.11. The number of nitrogens with two attached hydrogens (primary N) is 1. The molecule has 0 amide bonds. The van der Waals surface area contributed by atoms with Gasteiger partial charge < -0.3 is 10.5 Å². The smallest absolute Gasteiger partial charge is 0.137 e. The van der Waals surface area contributed by atoms with Crippen LogP contribution in [0.2, 0.25) is 5.02 Å². The Labute approximate surface area is 119 Å². The van der Waals surface area contributed by atoms with Crippen LogP contribution in [0.5, 0.6) is 5.75 Å². The molecule has 3 nitrogen and oxygen atoms in total. The largest absolute Gasteiger partial charge is 0.495 e. The minimum absolute atomic E-state index is 0.289. The topological polar surface area (TPSA) is 48.1 Å². The summed E-state index contributed by atoms with van der Waals surface area (Å²) in [6.07, 6.45) is 3.37. The van der Waals surface area contributed by atoms with Crippen LogP contribution in [0, 0.1) is 0 Å². The number of halogens is 2. The maximum Gasteiger partial charge on any atom is 0.137 e. The van der Waals surface area contributed by atoms with Gasteiger partial charge in [0.15, 0.2) is 0 Å². The number of rotatable bonds is 3. The number of ether oxygens (including phenoxy) is 1. The molecule has 0 saturated heterocycles. The number of pyridine rings is 1. The quantitative estimate of drug-likeness (QED) is 0.938. The fraction of sp³-hybridized carbons (Fsp3) is 0.154. The van der Waals surface area contributed by atoms with Gasteiger partial charge in [-0.05, 0) is 35.4 Å². The third kappa shape index (κ3) is 3.02. The van der Waals surface area contributed by atoms with Crippen LogP contribution in [-0.2, 0) is 0 Å². The Hall–Kier alpha value is -1.10. The molecule has 1 aromatic heterocycles. The molecule has 0 radical (unpaired) electrons. The summed E-state index contributed by atoms with van der Waals surface area (Å²) < 4.78 is 6.03. The highest BCUT2D eigenvalue weighted by molar-refractivity contribution is 9.10. The van der Waals surface area contributed by atoms with Crippen LogP contribution in [0.3, 0.4) is 0 Å². The normalized spacial score (nSPS) is 12.2. The third-order valence-corrected chi connectivity index (χ3v) is 3.25. The van der Waals surface area contributed by atoms with Crippen molar-refractivity contribution in [3.63, 3.8) is 0 Å². The van der Waals surface area contributed by atoms with E-state index in [0.717, 1.165) is 15.6 Å². The average Bonchev–Trinajstić information content (AvgIpc) is 2.37. The maximum absolute atomic E-state index is 6.20. The van der Waals surface area contributed by atoms with Gasteiger partial charge in [0.2, 0.25) is 0 Å². The van der Waals surface area contributed by atoms with Crippen molar-refractivity contribution < 1.29 is 4.74 Å². The van der Waals surface area contributed by atoms with Gasteiger partial charge in [-0.2, -0.15) is 0 Å². The Morgan fingerprint density at radius 2 is 2.00 bits per heavy atom. The lowest BCUT2D eigenvalue weighted by molar-refractivity contribution is 0.412. The van der Waals surface area contributed by atoms with Gasteiger partial charge in [0.25, 0.3) is 0 Å². The molecule has 1 unspecified atom stereocenters. The van der Waals surface area contributed by atoms with E-state index in [1.54, 1.807) is 19.5 Å². The lowest BCUT2D eigenvalue weighted by atomic mass is 10.0. The van der Waals surface area contributed by atoms with E-state index >= 15 is 0 Å². The van der Waals surface area contributed by atoms with E-state index in [9.17, 15) is 0 Å². The Morgan fingerprint density at radius 1 is 1.22 bits per heavy atom. The van der Waals surface area contributed by atoms with Gasteiger partial charge in [-0.15, -0.1) is 0 Å². The van der Waals surface area contributed by atoms with Crippen LogP contribution >= 0.6 is 27.5 Å². The molecule has 2 N–H and O–H groups in total. The fourth-order valence-corrected chi connectivity index (χ4v) is 2.55. The monoisotopic (exact) mass is 326 g/mol. The molecule has 1 aromatic carbocycles. The van der Waals surface area contributed by atoms with Crippen molar-refractivity contribution in [2.24, 2.45) is 5.73 Å². The van der Waals surface area contributed by atoms with Gasteiger partial charge in [-0.25, -0.2) is 0 Å². The molecule has 1 heterocycles. The van der Waals surface area contributed by atoms with Gasteiger partial charge in [-0.3, -0.25) is 4.98 Å². The highest BCUT2D eigenvalue weighted by atomic mass is 79.9. The van der Waals surface area contributed by atoms with Gasteiger partial charge in [0.1, 0.15) is 5.75 Å². The number of hydrogen-bond donors (Lipinski definition) is 1. The summed E-state index contributed by atoms with van der Waals surface area (Å²) in [4.78, 5) is 4.10. The first-order valence-electron chi connectivity index (χ1n) is 5.30. The molecule has 0 aliphatic rings. The lowest BCUT2D eigenvalue weighted by Gasteiger charge is -2.14. The Morgan fingerprint density at radius 3 is 2.67 bits per heavy atom. The zero-order valence-corrected chi connectivity index (χ0v) is 12.1. The number of aromatic nitrogens is 1. The van der Waals surface area contributed by atoms with E-state index in [-0.39, 0.29) is 6.04 Å². The van der Waals surface area contributed by atoms with Gasteiger partial charge >= 0.3 is 0 Å². The molecule has 2 aromatic rings. The van der Waals surface area contributed by atoms with Gasteiger partial charge in [0, 0.05) is 15.7 Å². The Balaban J connectivity index is 2.37. The standard InChI is InChI=1S/C13H12BrClN2O/c1-18-12-4-9(6-17-7-12)13(16)8-2-10(14)5-11(15)3-8/h2-7,13H,16H2,1H3. The number of hydrogen-bond acceptors (Lipinski definition) is 3. The van der Waals surface area contributed by atoms with Crippen LogP contribution in [0.4, 0.5) is 0 Å². The molecular weight excluding hydrogens is 316 g/mol. The summed E-state index contributed by atoms with van der Waals surface area (Å²) in [5, 5.41) is 0.644. The molecule has 0 aliphatic heterocycles. The van der Waals surface area contributed by atoms with Crippen molar-refractivity contribution in [1.29, 1.82) is 0 Å². The first-order valence-corrected chi connectivity index (χ1v) is 6.48. The fourth-order valence-electron chi connectivity index (χ4n) is 1.66. The van der Waals surface area contributed by atoms with Gasteiger partial charge in [-0.1, -0.05) is 27.5 Å². The molecule has 1 atom stereocenters. The summed E-state index contributed by atoms with van der Waals surface area (Å²) in [7, 11) is 1.60. The summed E-state index contributed by atoms with van der Waals surface area (Å²) in [5.41, 5.74) is 8.00. The molecule has 5 heteroatoms. The highest BCUT2D eigenvalue weighted by Crippen LogP contribution is 2.27. The lowest BCUT2D eigenvalue weighted by Crippen LogP contribution is -2.12. The molecule has 94 valence electrons. The van der Waals surface area contributed by atoms with Gasteiger partial charge in [0.05, 0.1) is 19.3 Å². The van der Waals surface area contributed by atoms with Crippen LogP contribution < -0.4 is 10.5 Å². The maximum atomic E-state index is 6.20. The van der Waals surface area contributed by atoms with E-state index in [4.69, 9.17) is 22.1 Å². The summed E-state index contributed by atoms with van der Waals surface area (Å²) in [6.45, 7) is 0. The minimum atomic E-state index is -0.289. The minimum Gasteiger partial charge on any atom is -0.495 e. The van der Waals surface area contributed by atoms with Crippen LogP contribution in [0.25, 0.3) is 0 Å². The zero-order chi connectivity index (χ0) is 13.1. The van der Waals surface area contributed by atoms with E-state index in [0.29, 0.717) is 10.8 Å². The third-order valence-electron chi connectivity index (χ3n) is 2.57. The second-order valence-electron chi connectivity index (χ2n) is 3.84. The van der Waals surface area contributed by atoms with E-state index in [2.05, 4.69) is 20.9 Å². The first-order chi connectivity index (χ1) is 8.60. The van der Waals surface area contributed by atoms with E-state index in [1.807, 2.05) is 24.3 Å². The molecule has 0 fully saturated rings. The van der Waals surface area contributed by atoms with Crippen LogP contribution in [-0.4, -0.2) is 12.1 Å². The summed E-state index contributed by atoms with van der Waals surface area (Å²) in [6, 6.07) is 7.18.